The number of methoxy groups -OCH3 is 1. The SMILES string of the molecule is COC(=O)c1ncn(Cc2ccsc2C(=O)O)n1. The van der Waals surface area contributed by atoms with Gasteiger partial charge in [-0.1, -0.05) is 0 Å². The first kappa shape index (κ1) is 12.2. The van der Waals surface area contributed by atoms with Crippen LogP contribution in [0, 0.1) is 0 Å². The largest absolute Gasteiger partial charge is 0.477 e. The third kappa shape index (κ3) is 2.38. The van der Waals surface area contributed by atoms with E-state index in [0.29, 0.717) is 5.56 Å². The number of aromatic carboxylic acids is 1. The lowest BCUT2D eigenvalue weighted by molar-refractivity contribution is 0.0585. The molecule has 0 spiro atoms. The minimum Gasteiger partial charge on any atom is -0.477 e. The van der Waals surface area contributed by atoms with Gasteiger partial charge in [-0.05, 0) is 17.0 Å². The fourth-order valence-electron chi connectivity index (χ4n) is 1.38. The van der Waals surface area contributed by atoms with Crippen molar-refractivity contribution in [3.63, 3.8) is 0 Å². The first-order chi connectivity index (χ1) is 8.61. The van der Waals surface area contributed by atoms with Gasteiger partial charge in [0.05, 0.1) is 13.7 Å². The topological polar surface area (TPSA) is 94.3 Å². The van der Waals surface area contributed by atoms with Crippen LogP contribution in [-0.4, -0.2) is 38.9 Å². The molecule has 0 radical (unpaired) electrons. The molecular formula is C10H9N3O4S. The number of aromatic nitrogens is 3. The monoisotopic (exact) mass is 267 g/mol. The Bertz CT molecular complexity index is 589. The highest BCUT2D eigenvalue weighted by Crippen LogP contribution is 2.17. The highest BCUT2D eigenvalue weighted by molar-refractivity contribution is 7.12. The van der Waals surface area contributed by atoms with Crippen LogP contribution in [0.4, 0.5) is 0 Å². The zero-order valence-corrected chi connectivity index (χ0v) is 10.2. The predicted octanol–water partition coefficient (Wildman–Crippen LogP) is 0.873. The number of hydrogen-bond donors (Lipinski definition) is 1. The van der Waals surface area contributed by atoms with Crippen LogP contribution in [0.5, 0.6) is 0 Å². The van der Waals surface area contributed by atoms with Gasteiger partial charge in [0.25, 0.3) is 5.82 Å². The van der Waals surface area contributed by atoms with Crippen molar-refractivity contribution in [1.29, 1.82) is 0 Å². The number of rotatable bonds is 4. The molecule has 2 rings (SSSR count). The molecule has 18 heavy (non-hydrogen) atoms. The molecule has 0 bridgehead atoms. The molecule has 2 aromatic rings. The number of nitrogens with zero attached hydrogens (tertiary/aromatic N) is 3. The number of carboxylic acids is 1. The Morgan fingerprint density at radius 3 is 3.00 bits per heavy atom. The summed E-state index contributed by atoms with van der Waals surface area (Å²) in [5.74, 6) is -1.66. The Morgan fingerprint density at radius 2 is 2.33 bits per heavy atom. The Morgan fingerprint density at radius 1 is 1.56 bits per heavy atom. The second kappa shape index (κ2) is 4.96. The molecule has 0 atom stereocenters. The average molecular weight is 267 g/mol. The van der Waals surface area contributed by atoms with E-state index in [9.17, 15) is 9.59 Å². The normalized spacial score (nSPS) is 10.3. The van der Waals surface area contributed by atoms with Crippen LogP contribution in [0.2, 0.25) is 0 Å². The van der Waals surface area contributed by atoms with Crippen LogP contribution in [0.1, 0.15) is 25.9 Å². The van der Waals surface area contributed by atoms with Crippen molar-refractivity contribution in [2.45, 2.75) is 6.54 Å². The fourth-order valence-corrected chi connectivity index (χ4v) is 2.13. The summed E-state index contributed by atoms with van der Waals surface area (Å²) < 4.78 is 5.87. The molecule has 0 saturated carbocycles. The number of esters is 1. The molecule has 0 fully saturated rings. The lowest BCUT2D eigenvalue weighted by Gasteiger charge is -1.99. The van der Waals surface area contributed by atoms with Crippen molar-refractivity contribution >= 4 is 23.3 Å². The smallest absolute Gasteiger partial charge is 0.377 e. The highest BCUT2D eigenvalue weighted by Gasteiger charge is 2.15. The zero-order valence-electron chi connectivity index (χ0n) is 9.36. The summed E-state index contributed by atoms with van der Waals surface area (Å²) >= 11 is 1.14. The van der Waals surface area contributed by atoms with Crippen molar-refractivity contribution in [2.24, 2.45) is 0 Å². The fraction of sp³-hybridized carbons (Fsp3) is 0.200. The van der Waals surface area contributed by atoms with Crippen LogP contribution < -0.4 is 0 Å². The minimum atomic E-state index is -0.978. The lowest BCUT2D eigenvalue weighted by atomic mass is 10.2. The van der Waals surface area contributed by atoms with E-state index in [4.69, 9.17) is 5.11 Å². The van der Waals surface area contributed by atoms with Gasteiger partial charge in [0.15, 0.2) is 0 Å². The molecule has 0 unspecified atom stereocenters. The van der Waals surface area contributed by atoms with E-state index in [1.807, 2.05) is 0 Å². The van der Waals surface area contributed by atoms with Crippen molar-refractivity contribution in [1.82, 2.24) is 14.8 Å². The molecule has 0 aliphatic heterocycles. The summed E-state index contributed by atoms with van der Waals surface area (Å²) in [5, 5.41) is 14.5. The van der Waals surface area contributed by atoms with Crippen LogP contribution in [-0.2, 0) is 11.3 Å². The molecule has 1 N–H and O–H groups in total. The quantitative estimate of drug-likeness (QED) is 0.826. The van der Waals surface area contributed by atoms with Gasteiger partial charge in [-0.2, -0.15) is 0 Å². The lowest BCUT2D eigenvalue weighted by Crippen LogP contribution is -2.07. The number of ether oxygens (including phenoxy) is 1. The van der Waals surface area contributed by atoms with Crippen LogP contribution in [0.15, 0.2) is 17.8 Å². The average Bonchev–Trinajstić information content (AvgIpc) is 2.97. The number of carbonyl (C=O) groups excluding carboxylic acids is 1. The van der Waals surface area contributed by atoms with Gasteiger partial charge in [0, 0.05) is 0 Å². The molecule has 0 aliphatic carbocycles. The molecule has 7 nitrogen and oxygen atoms in total. The van der Waals surface area contributed by atoms with E-state index in [1.54, 1.807) is 11.4 Å². The van der Waals surface area contributed by atoms with E-state index < -0.39 is 11.9 Å². The predicted molar refractivity (Wildman–Crippen MR) is 61.7 cm³/mol. The number of thiophene rings is 1. The summed E-state index contributed by atoms with van der Waals surface area (Å²) in [4.78, 5) is 26.1. The zero-order chi connectivity index (χ0) is 13.1. The molecule has 0 aliphatic rings. The summed E-state index contributed by atoms with van der Waals surface area (Å²) in [5.41, 5.74) is 0.619. The number of carboxylic acid groups (broad SMARTS) is 1. The summed E-state index contributed by atoms with van der Waals surface area (Å²) in [6, 6.07) is 1.70. The molecule has 0 amide bonds. The van der Waals surface area contributed by atoms with Gasteiger partial charge in [0.1, 0.15) is 11.2 Å². The molecule has 0 saturated heterocycles. The molecule has 2 heterocycles. The maximum atomic E-state index is 11.2. The van der Waals surface area contributed by atoms with Gasteiger partial charge in [-0.25, -0.2) is 19.3 Å². The Kier molecular flexibility index (Phi) is 3.38. The van der Waals surface area contributed by atoms with Crippen LogP contribution in [0.25, 0.3) is 0 Å². The second-order valence-electron chi connectivity index (χ2n) is 3.34. The van der Waals surface area contributed by atoms with Gasteiger partial charge in [0.2, 0.25) is 0 Å². The van der Waals surface area contributed by atoms with Gasteiger partial charge < -0.3 is 9.84 Å². The van der Waals surface area contributed by atoms with Gasteiger partial charge in [-0.3, -0.25) is 0 Å². The van der Waals surface area contributed by atoms with Crippen LogP contribution >= 0.6 is 11.3 Å². The van der Waals surface area contributed by atoms with E-state index in [-0.39, 0.29) is 17.2 Å². The maximum absolute atomic E-state index is 11.2. The number of carbonyl (C=O) groups is 2. The Balaban J connectivity index is 2.19. The molecule has 2 aromatic heterocycles. The molecule has 8 heteroatoms. The van der Waals surface area contributed by atoms with E-state index in [2.05, 4.69) is 14.8 Å². The van der Waals surface area contributed by atoms with E-state index >= 15 is 0 Å². The summed E-state index contributed by atoms with van der Waals surface area (Å²) in [7, 11) is 1.24. The van der Waals surface area contributed by atoms with Crippen LogP contribution in [0.3, 0.4) is 0 Å². The Hall–Kier alpha value is -2.22. The first-order valence-corrected chi connectivity index (χ1v) is 5.77. The van der Waals surface area contributed by atoms with Crippen molar-refractivity contribution in [3.8, 4) is 0 Å². The summed E-state index contributed by atoms with van der Waals surface area (Å²) in [6.07, 6.45) is 1.36. The summed E-state index contributed by atoms with van der Waals surface area (Å²) in [6.45, 7) is 0.245. The van der Waals surface area contributed by atoms with Crippen molar-refractivity contribution in [3.05, 3.63) is 34.0 Å². The Labute approximate surface area is 106 Å². The molecule has 94 valence electrons. The number of hydrogen-bond acceptors (Lipinski definition) is 6. The highest BCUT2D eigenvalue weighted by atomic mass is 32.1. The van der Waals surface area contributed by atoms with E-state index in [0.717, 1.165) is 11.3 Å². The molecule has 0 aromatic carbocycles. The second-order valence-corrected chi connectivity index (χ2v) is 4.25. The van der Waals surface area contributed by atoms with Gasteiger partial charge >= 0.3 is 11.9 Å². The standard InChI is InChI=1S/C10H9N3O4S/c1-17-10(16)8-11-5-13(12-8)4-6-2-3-18-7(6)9(14)15/h2-3,5H,4H2,1H3,(H,14,15). The minimum absolute atomic E-state index is 0.0513. The van der Waals surface area contributed by atoms with Crippen molar-refractivity contribution < 1.29 is 19.4 Å². The first-order valence-electron chi connectivity index (χ1n) is 4.89. The third-order valence-electron chi connectivity index (χ3n) is 2.18. The van der Waals surface area contributed by atoms with E-state index in [1.165, 1.54) is 18.1 Å². The van der Waals surface area contributed by atoms with Gasteiger partial charge in [-0.15, -0.1) is 16.4 Å². The maximum Gasteiger partial charge on any atom is 0.377 e. The third-order valence-corrected chi connectivity index (χ3v) is 3.12. The van der Waals surface area contributed by atoms with Crippen molar-refractivity contribution in [2.75, 3.05) is 7.11 Å². The molecular weight excluding hydrogens is 258 g/mol.